The predicted molar refractivity (Wildman–Crippen MR) is 82.7 cm³/mol. The number of rotatable bonds is 4. The molecule has 0 radical (unpaired) electrons. The van der Waals surface area contributed by atoms with Crippen molar-refractivity contribution in [3.8, 4) is 11.5 Å². The van der Waals surface area contributed by atoms with Crippen molar-refractivity contribution in [2.45, 2.75) is 38.5 Å². The molecule has 1 saturated heterocycles. The maximum atomic E-state index is 5.74. The van der Waals surface area contributed by atoms with Crippen molar-refractivity contribution in [1.82, 2.24) is 15.5 Å². The fourth-order valence-corrected chi connectivity index (χ4v) is 2.87. The molecule has 1 fully saturated rings. The molecule has 1 N–H and O–H groups in total. The molecule has 0 amide bonds. The van der Waals surface area contributed by atoms with Crippen LogP contribution in [0.4, 0.5) is 0 Å². The smallest absolute Gasteiger partial charge is 0.248 e. The second-order valence-electron chi connectivity index (χ2n) is 5.51. The highest BCUT2D eigenvalue weighted by atomic mass is 79.9. The Morgan fingerprint density at radius 1 is 1.38 bits per heavy atom. The van der Waals surface area contributed by atoms with E-state index in [-0.39, 0.29) is 11.6 Å². The average Bonchev–Trinajstić information content (AvgIpc) is 3.06. The third kappa shape index (κ3) is 3.02. The first-order valence-corrected chi connectivity index (χ1v) is 7.82. The van der Waals surface area contributed by atoms with E-state index in [0.717, 1.165) is 23.1 Å². The first-order chi connectivity index (χ1) is 10.1. The van der Waals surface area contributed by atoms with Crippen LogP contribution in [0.3, 0.4) is 0 Å². The highest BCUT2D eigenvalue weighted by molar-refractivity contribution is 9.10. The minimum atomic E-state index is -0.0397. The van der Waals surface area contributed by atoms with Gasteiger partial charge in [-0.25, -0.2) is 0 Å². The lowest BCUT2D eigenvalue weighted by molar-refractivity contribution is 0.0873. The number of halogens is 1. The minimum absolute atomic E-state index is 0.0397. The highest BCUT2D eigenvalue weighted by Crippen LogP contribution is 2.28. The number of nitrogens with one attached hydrogen (secondary N) is 1. The number of ether oxygens (including phenoxy) is 1. The van der Waals surface area contributed by atoms with E-state index in [1.165, 1.54) is 0 Å². The van der Waals surface area contributed by atoms with Crippen molar-refractivity contribution in [2.75, 3.05) is 6.61 Å². The van der Waals surface area contributed by atoms with Crippen LogP contribution in [0.25, 0.3) is 11.5 Å². The molecule has 3 rings (SSSR count). The summed E-state index contributed by atoms with van der Waals surface area (Å²) >= 11 is 3.49. The Labute approximate surface area is 132 Å². The quantitative estimate of drug-likeness (QED) is 0.916. The van der Waals surface area contributed by atoms with Gasteiger partial charge in [0.1, 0.15) is 0 Å². The highest BCUT2D eigenvalue weighted by Gasteiger charge is 2.36. The van der Waals surface area contributed by atoms with Gasteiger partial charge in [-0.3, -0.25) is 0 Å². The van der Waals surface area contributed by atoms with Crippen molar-refractivity contribution in [2.24, 2.45) is 0 Å². The summed E-state index contributed by atoms with van der Waals surface area (Å²) < 4.78 is 12.3. The van der Waals surface area contributed by atoms with Crippen molar-refractivity contribution in [3.63, 3.8) is 0 Å². The number of hydrogen-bond acceptors (Lipinski definition) is 5. The first-order valence-electron chi connectivity index (χ1n) is 7.02. The summed E-state index contributed by atoms with van der Waals surface area (Å²) in [5.74, 6) is 1.11. The molecule has 2 heterocycles. The van der Waals surface area contributed by atoms with Gasteiger partial charge in [0.2, 0.25) is 11.8 Å². The summed E-state index contributed by atoms with van der Waals surface area (Å²) in [5, 5.41) is 11.7. The topological polar surface area (TPSA) is 60.2 Å². The van der Waals surface area contributed by atoms with Gasteiger partial charge >= 0.3 is 0 Å². The molecule has 0 saturated carbocycles. The van der Waals surface area contributed by atoms with Gasteiger partial charge in [0.05, 0.1) is 18.2 Å². The molecule has 0 bridgehead atoms. The van der Waals surface area contributed by atoms with Crippen molar-refractivity contribution in [1.29, 1.82) is 0 Å². The van der Waals surface area contributed by atoms with E-state index in [2.05, 4.69) is 45.3 Å². The van der Waals surface area contributed by atoms with Crippen LogP contribution < -0.4 is 5.32 Å². The molecule has 1 aromatic carbocycles. The van der Waals surface area contributed by atoms with Crippen LogP contribution in [-0.2, 0) is 11.3 Å². The lowest BCUT2D eigenvalue weighted by atomic mass is 9.95. The Morgan fingerprint density at radius 2 is 2.19 bits per heavy atom. The predicted octanol–water partition coefficient (Wildman–Crippen LogP) is 3.16. The van der Waals surface area contributed by atoms with Gasteiger partial charge in [-0.2, -0.15) is 0 Å². The van der Waals surface area contributed by atoms with Crippen molar-refractivity contribution >= 4 is 15.9 Å². The van der Waals surface area contributed by atoms with E-state index >= 15 is 0 Å². The summed E-state index contributed by atoms with van der Waals surface area (Å²) in [6.45, 7) is 5.58. The van der Waals surface area contributed by atoms with E-state index in [1.807, 2.05) is 24.3 Å². The normalized spacial score (nSPS) is 25.4. The monoisotopic (exact) mass is 351 g/mol. The first kappa shape index (κ1) is 14.7. The van der Waals surface area contributed by atoms with Crippen LogP contribution >= 0.6 is 15.9 Å². The third-order valence-corrected chi connectivity index (χ3v) is 4.79. The molecule has 2 aromatic rings. The van der Waals surface area contributed by atoms with Crippen LogP contribution in [0.15, 0.2) is 33.2 Å². The summed E-state index contributed by atoms with van der Waals surface area (Å²) in [7, 11) is 0. The summed E-state index contributed by atoms with van der Waals surface area (Å²) in [5.41, 5.74) is 0.863. The van der Waals surface area contributed by atoms with Crippen molar-refractivity contribution in [3.05, 3.63) is 34.6 Å². The maximum absolute atomic E-state index is 5.74. The zero-order valence-corrected chi connectivity index (χ0v) is 13.7. The lowest BCUT2D eigenvalue weighted by Gasteiger charge is -2.28. The molecule has 1 aliphatic rings. The second kappa shape index (κ2) is 5.87. The Balaban J connectivity index is 1.70. The number of benzene rings is 1. The molecule has 21 heavy (non-hydrogen) atoms. The van der Waals surface area contributed by atoms with Gasteiger partial charge in [0, 0.05) is 16.6 Å². The zero-order chi connectivity index (χ0) is 14.9. The molecule has 0 aliphatic carbocycles. The molecular weight excluding hydrogens is 334 g/mol. The Hall–Kier alpha value is -1.24. The molecule has 6 heteroatoms. The van der Waals surface area contributed by atoms with E-state index in [1.54, 1.807) is 0 Å². The van der Waals surface area contributed by atoms with E-state index in [0.29, 0.717) is 18.3 Å². The van der Waals surface area contributed by atoms with Gasteiger partial charge < -0.3 is 14.5 Å². The maximum Gasteiger partial charge on any atom is 0.248 e. The van der Waals surface area contributed by atoms with Gasteiger partial charge in [-0.15, -0.1) is 10.2 Å². The summed E-state index contributed by atoms with van der Waals surface area (Å²) in [6, 6.07) is 7.80. The SMILES string of the molecule is CC1OCCC1(C)NCc1nnc(-c2ccccc2Br)o1. The van der Waals surface area contributed by atoms with E-state index < -0.39 is 0 Å². The average molecular weight is 352 g/mol. The van der Waals surface area contributed by atoms with E-state index in [9.17, 15) is 0 Å². The molecule has 1 aromatic heterocycles. The van der Waals surface area contributed by atoms with Gasteiger partial charge in [0.25, 0.3) is 0 Å². The van der Waals surface area contributed by atoms with Crippen molar-refractivity contribution < 1.29 is 9.15 Å². The third-order valence-electron chi connectivity index (χ3n) is 4.10. The van der Waals surface area contributed by atoms with Gasteiger partial charge in [0.15, 0.2) is 0 Å². The van der Waals surface area contributed by atoms with Crippen LogP contribution in [0.2, 0.25) is 0 Å². The molecule has 0 spiro atoms. The molecular formula is C15H18BrN3O2. The Bertz CT molecular complexity index is 631. The van der Waals surface area contributed by atoms with Crippen LogP contribution in [-0.4, -0.2) is 28.4 Å². The van der Waals surface area contributed by atoms with Gasteiger partial charge in [-0.1, -0.05) is 12.1 Å². The van der Waals surface area contributed by atoms with E-state index in [4.69, 9.17) is 9.15 Å². The van der Waals surface area contributed by atoms with Crippen LogP contribution in [0, 0.1) is 0 Å². The second-order valence-corrected chi connectivity index (χ2v) is 6.37. The Morgan fingerprint density at radius 3 is 2.90 bits per heavy atom. The Kier molecular flexibility index (Phi) is 4.10. The largest absolute Gasteiger partial charge is 0.419 e. The van der Waals surface area contributed by atoms with Gasteiger partial charge in [-0.05, 0) is 48.3 Å². The zero-order valence-electron chi connectivity index (χ0n) is 12.1. The number of nitrogens with zero attached hydrogens (tertiary/aromatic N) is 2. The summed E-state index contributed by atoms with van der Waals surface area (Å²) in [4.78, 5) is 0. The number of aromatic nitrogens is 2. The molecule has 2 atom stereocenters. The molecule has 112 valence electrons. The van der Waals surface area contributed by atoms with Crippen LogP contribution in [0.1, 0.15) is 26.2 Å². The fourth-order valence-electron chi connectivity index (χ4n) is 2.41. The number of hydrogen-bond donors (Lipinski definition) is 1. The standard InChI is InChI=1S/C15H18BrN3O2/c1-10-15(2,7-8-20-10)17-9-13-18-19-14(21-13)11-5-3-4-6-12(11)16/h3-6,10,17H,7-9H2,1-2H3. The molecule has 5 nitrogen and oxygen atoms in total. The molecule has 2 unspecified atom stereocenters. The minimum Gasteiger partial charge on any atom is -0.419 e. The van der Waals surface area contributed by atoms with Crippen LogP contribution in [0.5, 0.6) is 0 Å². The molecule has 1 aliphatic heterocycles. The summed E-state index contributed by atoms with van der Waals surface area (Å²) in [6.07, 6.45) is 1.17. The lowest BCUT2D eigenvalue weighted by Crippen LogP contribution is -2.47. The fraction of sp³-hybridized carbons (Fsp3) is 0.467.